The highest BCUT2D eigenvalue weighted by Crippen LogP contribution is 2.10. The molecule has 23 heavy (non-hydrogen) atoms. The molecule has 0 unspecified atom stereocenters. The van der Waals surface area contributed by atoms with Crippen molar-refractivity contribution in [3.05, 3.63) is 36.1 Å². The van der Waals surface area contributed by atoms with Crippen LogP contribution in [0.3, 0.4) is 0 Å². The molecular formula is C20H42O2S. The summed E-state index contributed by atoms with van der Waals surface area (Å²) in [7, 11) is 1.64. The Bertz CT molecular complexity index is 256. The van der Waals surface area contributed by atoms with Crippen molar-refractivity contribution in [2.75, 3.05) is 20.0 Å². The van der Waals surface area contributed by atoms with Crippen LogP contribution in [0.25, 0.3) is 0 Å². The van der Waals surface area contributed by atoms with Gasteiger partial charge in [-0.05, 0) is 36.5 Å². The Hall–Kier alpha value is -0.670. The Morgan fingerprint density at radius 3 is 1.87 bits per heavy atom. The molecule has 0 saturated carbocycles. The molecule has 0 heterocycles. The van der Waals surface area contributed by atoms with Gasteiger partial charge in [0.2, 0.25) is 0 Å². The van der Waals surface area contributed by atoms with Crippen molar-refractivity contribution in [3.8, 4) is 0 Å². The lowest BCUT2D eigenvalue weighted by atomic mass is 10.1. The first kappa shape index (κ1) is 30.2. The van der Waals surface area contributed by atoms with Crippen LogP contribution in [-0.4, -0.2) is 20.0 Å². The summed E-state index contributed by atoms with van der Waals surface area (Å²) < 4.78 is 10.1. The Morgan fingerprint density at radius 1 is 1.04 bits per heavy atom. The van der Waals surface area contributed by atoms with Gasteiger partial charge in [0.25, 0.3) is 0 Å². The molecule has 0 saturated heterocycles. The first-order valence-corrected chi connectivity index (χ1v) is 10.1. The molecule has 0 aliphatic carbocycles. The van der Waals surface area contributed by atoms with E-state index in [4.69, 9.17) is 4.74 Å². The van der Waals surface area contributed by atoms with Gasteiger partial charge in [-0.1, -0.05) is 73.6 Å². The molecule has 0 aliphatic heterocycles. The van der Waals surface area contributed by atoms with E-state index in [9.17, 15) is 0 Å². The molecule has 0 aromatic rings. The molecule has 3 heteroatoms. The van der Waals surface area contributed by atoms with Crippen LogP contribution in [0.15, 0.2) is 36.1 Å². The van der Waals surface area contributed by atoms with E-state index in [0.29, 0.717) is 0 Å². The van der Waals surface area contributed by atoms with Gasteiger partial charge in [0, 0.05) is 12.7 Å². The lowest BCUT2D eigenvalue weighted by Gasteiger charge is -2.07. The average Bonchev–Trinajstić information content (AvgIpc) is 2.64. The summed E-state index contributed by atoms with van der Waals surface area (Å²) in [6.07, 6.45) is 12.3. The zero-order chi connectivity index (χ0) is 18.9. The molecule has 0 amide bonds. The van der Waals surface area contributed by atoms with Crippen molar-refractivity contribution >= 4 is 12.0 Å². The topological polar surface area (TPSA) is 18.5 Å². The number of rotatable bonds is 9. The van der Waals surface area contributed by atoms with Gasteiger partial charge in [0.15, 0.2) is 0 Å². The van der Waals surface area contributed by atoms with Crippen molar-refractivity contribution in [3.63, 3.8) is 0 Å². The zero-order valence-electron chi connectivity index (χ0n) is 17.2. The fourth-order valence-electron chi connectivity index (χ4n) is 1.18. The molecule has 0 rings (SSSR count). The molecule has 0 aromatic carbocycles. The van der Waals surface area contributed by atoms with Crippen molar-refractivity contribution in [2.45, 2.75) is 74.1 Å². The van der Waals surface area contributed by atoms with E-state index in [1.807, 2.05) is 40.0 Å². The third-order valence-corrected chi connectivity index (χ3v) is 2.57. The maximum atomic E-state index is 5.63. The van der Waals surface area contributed by atoms with E-state index in [1.165, 1.54) is 24.0 Å². The van der Waals surface area contributed by atoms with E-state index in [0.717, 1.165) is 31.6 Å². The van der Waals surface area contributed by atoms with Gasteiger partial charge in [-0.25, -0.2) is 0 Å². The molecule has 2 nitrogen and oxygen atoms in total. The largest absolute Gasteiger partial charge is 0.498 e. The van der Waals surface area contributed by atoms with Crippen LogP contribution in [-0.2, 0) is 8.92 Å². The second-order valence-corrected chi connectivity index (χ2v) is 4.51. The summed E-state index contributed by atoms with van der Waals surface area (Å²) in [4.78, 5) is 0. The predicted molar refractivity (Wildman–Crippen MR) is 111 cm³/mol. The molecule has 0 atom stereocenters. The summed E-state index contributed by atoms with van der Waals surface area (Å²) in [5, 5.41) is 0. The summed E-state index contributed by atoms with van der Waals surface area (Å²) in [6, 6.07) is 0. The van der Waals surface area contributed by atoms with Gasteiger partial charge in [0.05, 0.1) is 19.5 Å². The highest BCUT2D eigenvalue weighted by Gasteiger charge is 1.95. The molecule has 0 radical (unpaired) electrons. The molecule has 0 aromatic heterocycles. The Morgan fingerprint density at radius 2 is 1.57 bits per heavy atom. The van der Waals surface area contributed by atoms with Crippen molar-refractivity contribution in [1.29, 1.82) is 0 Å². The van der Waals surface area contributed by atoms with Crippen molar-refractivity contribution in [2.24, 2.45) is 0 Å². The smallest absolute Gasteiger partial charge is 0.0962 e. The number of hydrogen-bond donors (Lipinski definition) is 0. The summed E-state index contributed by atoms with van der Waals surface area (Å²) in [5.74, 6) is 1.05. The number of allylic oxidation sites excluding steroid dienone is 5. The molecule has 0 aliphatic rings. The summed E-state index contributed by atoms with van der Waals surface area (Å²) in [6.45, 7) is 19.0. The van der Waals surface area contributed by atoms with Gasteiger partial charge in [0.1, 0.15) is 0 Å². The minimum absolute atomic E-state index is 0.803. The third kappa shape index (κ3) is 29.9. The van der Waals surface area contributed by atoms with E-state index in [-0.39, 0.29) is 0 Å². The normalized spacial score (nSPS) is 10.1. The number of ether oxygens (including phenoxy) is 1. The lowest BCUT2D eigenvalue weighted by Crippen LogP contribution is -1.93. The van der Waals surface area contributed by atoms with Crippen LogP contribution in [0.4, 0.5) is 0 Å². The Labute approximate surface area is 151 Å². The van der Waals surface area contributed by atoms with Crippen LogP contribution in [0.5, 0.6) is 0 Å². The van der Waals surface area contributed by atoms with Crippen LogP contribution < -0.4 is 0 Å². The first-order chi connectivity index (χ1) is 11.2. The summed E-state index contributed by atoms with van der Waals surface area (Å²) in [5.41, 5.74) is 1.17. The monoisotopic (exact) mass is 346 g/mol. The second-order valence-electron chi connectivity index (χ2n) is 3.84. The standard InChI is InChI=1S/C14H24O.C2H6OS.2C2H6/c1-5-9-10-13(7-3)12-14(8-4)15-11-6-2;1-3-4-2;2*1-2/h7,10,12H,3,5-6,8-9,11H2,1-2,4H3;1-2H3;2*1-2H3/b13-10-,14-12+;;;. The first-order valence-electron chi connectivity index (χ1n) is 8.92. The summed E-state index contributed by atoms with van der Waals surface area (Å²) >= 11 is 1.36. The Kier molecular flexibility index (Phi) is 43.5. The van der Waals surface area contributed by atoms with E-state index < -0.39 is 0 Å². The predicted octanol–water partition coefficient (Wildman–Crippen LogP) is 7.58. The molecule has 0 spiro atoms. The fourth-order valence-corrected chi connectivity index (χ4v) is 1.18. The molecular weight excluding hydrogens is 304 g/mol. The minimum atomic E-state index is 0.803. The van der Waals surface area contributed by atoms with Gasteiger partial charge in [-0.2, -0.15) is 0 Å². The maximum absolute atomic E-state index is 5.63. The van der Waals surface area contributed by atoms with Crippen LogP contribution >= 0.6 is 12.0 Å². The number of hydrogen-bond acceptors (Lipinski definition) is 3. The van der Waals surface area contributed by atoms with Crippen LogP contribution in [0, 0.1) is 0 Å². The minimum Gasteiger partial charge on any atom is -0.498 e. The van der Waals surface area contributed by atoms with Gasteiger partial charge < -0.3 is 8.92 Å². The quantitative estimate of drug-likeness (QED) is 0.243. The zero-order valence-corrected chi connectivity index (χ0v) is 18.0. The van der Waals surface area contributed by atoms with E-state index in [1.54, 1.807) is 7.11 Å². The van der Waals surface area contributed by atoms with Crippen molar-refractivity contribution in [1.82, 2.24) is 0 Å². The van der Waals surface area contributed by atoms with Gasteiger partial charge >= 0.3 is 0 Å². The Balaban J connectivity index is -0.000000190. The molecule has 0 bridgehead atoms. The van der Waals surface area contributed by atoms with Crippen molar-refractivity contribution < 1.29 is 8.92 Å². The van der Waals surface area contributed by atoms with E-state index >= 15 is 0 Å². The highest BCUT2D eigenvalue weighted by atomic mass is 32.2. The number of unbranched alkanes of at least 4 members (excludes halogenated alkanes) is 1. The van der Waals surface area contributed by atoms with E-state index in [2.05, 4.69) is 43.7 Å². The van der Waals surface area contributed by atoms with Gasteiger partial charge in [-0.15, -0.1) is 0 Å². The lowest BCUT2D eigenvalue weighted by molar-refractivity contribution is 0.205. The van der Waals surface area contributed by atoms with Crippen LogP contribution in [0.2, 0.25) is 0 Å². The average molecular weight is 347 g/mol. The second kappa shape index (κ2) is 33.1. The SMILES string of the molecule is C=CC(=C/CCC)/C=C(\CC)OCCC.CC.CC.COSC. The molecule has 140 valence electrons. The maximum Gasteiger partial charge on any atom is 0.0962 e. The fraction of sp³-hybridized carbons (Fsp3) is 0.700. The molecule has 0 fully saturated rings. The third-order valence-electron chi connectivity index (χ3n) is 2.24. The van der Waals surface area contributed by atoms with Gasteiger partial charge in [-0.3, -0.25) is 0 Å². The molecule has 0 N–H and O–H groups in total. The van der Waals surface area contributed by atoms with Crippen LogP contribution in [0.1, 0.15) is 74.1 Å². The highest BCUT2D eigenvalue weighted by molar-refractivity contribution is 7.93.